The van der Waals surface area contributed by atoms with Gasteiger partial charge in [0.05, 0.1) is 22.0 Å². The van der Waals surface area contributed by atoms with Crippen molar-refractivity contribution >= 4 is 29.0 Å². The first kappa shape index (κ1) is 20.6. The molecule has 0 aliphatic heterocycles. The SMILES string of the molecule is CC(C)n1cnc2nc(COc3ccccc3NC(=O)c3ccccc3Cl)cc(=O)n21. The van der Waals surface area contributed by atoms with E-state index in [2.05, 4.69) is 15.3 Å². The molecule has 0 atom stereocenters. The zero-order valence-electron chi connectivity index (χ0n) is 16.9. The number of nitrogens with one attached hydrogen (secondary N) is 1. The number of para-hydroxylation sites is 2. The average molecular weight is 438 g/mol. The fourth-order valence-corrected chi connectivity index (χ4v) is 3.32. The summed E-state index contributed by atoms with van der Waals surface area (Å²) in [5.74, 6) is 0.399. The van der Waals surface area contributed by atoms with Crippen LogP contribution < -0.4 is 15.6 Å². The van der Waals surface area contributed by atoms with Crippen LogP contribution in [0.5, 0.6) is 5.75 Å². The van der Waals surface area contributed by atoms with Crippen LogP contribution in [0.15, 0.2) is 65.7 Å². The molecule has 158 valence electrons. The highest BCUT2D eigenvalue weighted by Gasteiger charge is 2.14. The van der Waals surface area contributed by atoms with Crippen LogP contribution in [0, 0.1) is 0 Å². The zero-order chi connectivity index (χ0) is 22.0. The summed E-state index contributed by atoms with van der Waals surface area (Å²) in [6.45, 7) is 3.95. The number of carbonyl (C=O) groups excluding carboxylic acids is 1. The molecule has 2 aromatic heterocycles. The third-order valence-electron chi connectivity index (χ3n) is 4.61. The minimum absolute atomic E-state index is 0.0409. The highest BCUT2D eigenvalue weighted by molar-refractivity contribution is 6.34. The Hall–Kier alpha value is -3.65. The quantitative estimate of drug-likeness (QED) is 0.493. The Morgan fingerprint density at radius 1 is 1.16 bits per heavy atom. The van der Waals surface area contributed by atoms with E-state index in [0.717, 1.165) is 0 Å². The van der Waals surface area contributed by atoms with Crippen molar-refractivity contribution in [2.45, 2.75) is 26.5 Å². The van der Waals surface area contributed by atoms with Gasteiger partial charge >= 0.3 is 0 Å². The van der Waals surface area contributed by atoms with Gasteiger partial charge in [-0.15, -0.1) is 0 Å². The summed E-state index contributed by atoms with van der Waals surface area (Å²) in [6.07, 6.45) is 1.58. The van der Waals surface area contributed by atoms with E-state index in [9.17, 15) is 9.59 Å². The first-order valence-corrected chi connectivity index (χ1v) is 10.1. The molecule has 1 amide bonds. The highest BCUT2D eigenvalue weighted by atomic mass is 35.5. The Labute approximate surface area is 183 Å². The average Bonchev–Trinajstić information content (AvgIpc) is 3.18. The van der Waals surface area contributed by atoms with Crippen LogP contribution in [0.25, 0.3) is 5.78 Å². The first-order chi connectivity index (χ1) is 14.9. The molecule has 0 fully saturated rings. The van der Waals surface area contributed by atoms with Crippen LogP contribution in [-0.2, 0) is 6.61 Å². The molecule has 0 saturated heterocycles. The summed E-state index contributed by atoms with van der Waals surface area (Å²) in [4.78, 5) is 33.7. The molecule has 2 heterocycles. The van der Waals surface area contributed by atoms with Crippen LogP contribution in [0.1, 0.15) is 35.9 Å². The van der Waals surface area contributed by atoms with E-state index in [0.29, 0.717) is 33.5 Å². The van der Waals surface area contributed by atoms with Gasteiger partial charge in [-0.05, 0) is 38.1 Å². The van der Waals surface area contributed by atoms with Gasteiger partial charge in [0.25, 0.3) is 17.2 Å². The minimum Gasteiger partial charge on any atom is -0.485 e. The Morgan fingerprint density at radius 2 is 1.90 bits per heavy atom. The molecule has 0 aliphatic carbocycles. The molecule has 31 heavy (non-hydrogen) atoms. The molecular formula is C22H20ClN5O3. The summed E-state index contributed by atoms with van der Waals surface area (Å²) in [6, 6.07) is 15.3. The predicted octanol–water partition coefficient (Wildman–Crippen LogP) is 3.96. The lowest BCUT2D eigenvalue weighted by Crippen LogP contribution is -2.23. The number of anilines is 1. The molecule has 0 saturated carbocycles. The fourth-order valence-electron chi connectivity index (χ4n) is 3.09. The van der Waals surface area contributed by atoms with Crippen molar-refractivity contribution in [2.24, 2.45) is 0 Å². The number of fused-ring (bicyclic) bond motifs is 1. The van der Waals surface area contributed by atoms with Crippen LogP contribution in [0.2, 0.25) is 5.02 Å². The number of nitrogens with zero attached hydrogens (tertiary/aromatic N) is 4. The standard InChI is InChI=1S/C22H20ClN5O3/c1-14(2)27-13-24-22-25-15(11-20(29)28(22)27)12-31-19-10-6-5-9-18(19)26-21(30)16-7-3-4-8-17(16)23/h3-11,13-14H,12H2,1-2H3,(H,26,30). The van der Waals surface area contributed by atoms with E-state index < -0.39 is 0 Å². The summed E-state index contributed by atoms with van der Waals surface area (Å²) in [7, 11) is 0. The first-order valence-electron chi connectivity index (χ1n) is 9.67. The van der Waals surface area contributed by atoms with Gasteiger partial charge < -0.3 is 10.1 Å². The molecule has 0 bridgehead atoms. The van der Waals surface area contributed by atoms with Crippen molar-refractivity contribution in [3.05, 3.63) is 87.6 Å². The van der Waals surface area contributed by atoms with Gasteiger partial charge in [-0.25, -0.2) is 4.98 Å². The Bertz CT molecular complexity index is 1310. The summed E-state index contributed by atoms with van der Waals surface area (Å²) in [5.41, 5.74) is 1.04. The highest BCUT2D eigenvalue weighted by Crippen LogP contribution is 2.26. The Morgan fingerprint density at radius 3 is 2.68 bits per heavy atom. The van der Waals surface area contributed by atoms with E-state index in [1.54, 1.807) is 59.5 Å². The van der Waals surface area contributed by atoms with Gasteiger partial charge in [-0.1, -0.05) is 35.9 Å². The molecular weight excluding hydrogens is 418 g/mol. The van der Waals surface area contributed by atoms with E-state index in [-0.39, 0.29) is 24.1 Å². The lowest BCUT2D eigenvalue weighted by molar-refractivity contribution is 0.102. The molecule has 9 heteroatoms. The van der Waals surface area contributed by atoms with Crippen LogP contribution in [0.4, 0.5) is 5.69 Å². The maximum atomic E-state index is 12.6. The van der Waals surface area contributed by atoms with E-state index in [4.69, 9.17) is 16.3 Å². The van der Waals surface area contributed by atoms with Crippen molar-refractivity contribution in [1.29, 1.82) is 0 Å². The van der Waals surface area contributed by atoms with Gasteiger partial charge in [-0.3, -0.25) is 14.3 Å². The smallest absolute Gasteiger partial charge is 0.274 e. The summed E-state index contributed by atoms with van der Waals surface area (Å²) < 4.78 is 9.00. The van der Waals surface area contributed by atoms with E-state index in [1.165, 1.54) is 10.6 Å². The van der Waals surface area contributed by atoms with Crippen molar-refractivity contribution in [1.82, 2.24) is 19.2 Å². The second-order valence-corrected chi connectivity index (χ2v) is 7.54. The summed E-state index contributed by atoms with van der Waals surface area (Å²) >= 11 is 6.11. The monoisotopic (exact) mass is 437 g/mol. The van der Waals surface area contributed by atoms with Gasteiger partial charge in [0.1, 0.15) is 18.7 Å². The molecule has 4 rings (SSSR count). The normalized spacial score (nSPS) is 11.1. The van der Waals surface area contributed by atoms with Crippen molar-refractivity contribution < 1.29 is 9.53 Å². The number of hydrogen-bond donors (Lipinski definition) is 1. The number of rotatable bonds is 6. The number of benzene rings is 2. The third kappa shape index (κ3) is 4.29. The number of amides is 1. The van der Waals surface area contributed by atoms with Crippen LogP contribution >= 0.6 is 11.6 Å². The number of halogens is 1. The molecule has 0 radical (unpaired) electrons. The van der Waals surface area contributed by atoms with E-state index >= 15 is 0 Å². The second-order valence-electron chi connectivity index (χ2n) is 7.13. The predicted molar refractivity (Wildman–Crippen MR) is 118 cm³/mol. The molecule has 0 aliphatic rings. The van der Waals surface area contributed by atoms with Gasteiger partial charge in [0.15, 0.2) is 0 Å². The van der Waals surface area contributed by atoms with Crippen molar-refractivity contribution in [3.8, 4) is 5.75 Å². The third-order valence-corrected chi connectivity index (χ3v) is 4.94. The Kier molecular flexibility index (Phi) is 5.73. The number of hydrogen-bond acceptors (Lipinski definition) is 5. The minimum atomic E-state index is -0.348. The van der Waals surface area contributed by atoms with Gasteiger partial charge in [0, 0.05) is 12.1 Å². The molecule has 2 aromatic carbocycles. The van der Waals surface area contributed by atoms with Gasteiger partial charge in [-0.2, -0.15) is 9.50 Å². The molecule has 0 spiro atoms. The summed E-state index contributed by atoms with van der Waals surface area (Å²) in [5, 5.41) is 3.17. The number of aromatic nitrogens is 4. The number of carbonyl (C=O) groups is 1. The fraction of sp³-hybridized carbons (Fsp3) is 0.182. The molecule has 0 unspecified atom stereocenters. The topological polar surface area (TPSA) is 90.5 Å². The Balaban J connectivity index is 1.54. The maximum absolute atomic E-state index is 12.6. The van der Waals surface area contributed by atoms with Crippen LogP contribution in [0.3, 0.4) is 0 Å². The van der Waals surface area contributed by atoms with E-state index in [1.807, 2.05) is 13.8 Å². The largest absolute Gasteiger partial charge is 0.485 e. The zero-order valence-corrected chi connectivity index (χ0v) is 17.7. The number of ether oxygens (including phenoxy) is 1. The molecule has 1 N–H and O–H groups in total. The molecule has 4 aromatic rings. The lowest BCUT2D eigenvalue weighted by Gasteiger charge is -2.13. The second kappa shape index (κ2) is 8.61. The van der Waals surface area contributed by atoms with Gasteiger partial charge in [0.2, 0.25) is 0 Å². The lowest BCUT2D eigenvalue weighted by atomic mass is 10.2. The van der Waals surface area contributed by atoms with Crippen LogP contribution in [-0.4, -0.2) is 25.1 Å². The van der Waals surface area contributed by atoms with Crippen molar-refractivity contribution in [2.75, 3.05) is 5.32 Å². The maximum Gasteiger partial charge on any atom is 0.274 e. The van der Waals surface area contributed by atoms with Crippen molar-refractivity contribution in [3.63, 3.8) is 0 Å². The molecule has 8 nitrogen and oxygen atoms in total.